The number of esters is 3. The number of allylic oxidation sites excluding steroid dienone is 12. The third kappa shape index (κ3) is 67.5. The second kappa shape index (κ2) is 69.3. The molecule has 0 aliphatic rings. The fraction of sp³-hybridized carbons (Fsp3) is 0.800. The van der Waals surface area contributed by atoms with Crippen molar-refractivity contribution >= 4 is 17.9 Å². The Bertz CT molecular complexity index is 1490. The molecule has 0 aromatic heterocycles. The molecule has 0 aliphatic carbocycles. The Labute approximate surface area is 503 Å². The smallest absolute Gasteiger partial charge is 0.306 e. The van der Waals surface area contributed by atoms with Crippen LogP contribution in [0.15, 0.2) is 72.9 Å². The van der Waals surface area contributed by atoms with E-state index in [1.807, 2.05) is 0 Å². The average Bonchev–Trinajstić information content (AvgIpc) is 3.47. The molecule has 0 saturated heterocycles. The third-order valence-corrected chi connectivity index (χ3v) is 15.7. The second-order valence-corrected chi connectivity index (χ2v) is 23.8. The molecular weight excluding hydrogens is 997 g/mol. The Morgan fingerprint density at radius 1 is 0.259 bits per heavy atom. The number of hydrogen-bond donors (Lipinski definition) is 0. The molecule has 1 unspecified atom stereocenters. The maximum absolute atomic E-state index is 12.9. The summed E-state index contributed by atoms with van der Waals surface area (Å²) in [4.78, 5) is 38.3. The van der Waals surface area contributed by atoms with Crippen LogP contribution in [-0.2, 0) is 28.6 Å². The Morgan fingerprint density at radius 3 is 0.753 bits per heavy atom. The standard InChI is InChI=1S/C75H134O6/c1-4-7-10-13-16-19-21-23-25-27-29-31-33-34-35-36-37-38-39-40-42-43-45-47-49-51-53-56-59-62-65-68-74(77)80-71-72(70-79-73(76)67-64-61-58-55-18-15-12-9-6-3)81-75(78)69-66-63-60-57-54-52-50-48-46-44-41-32-30-28-26-24-22-20-17-14-11-8-5-2/h7,10,16,19,23,25,29,31,34-35,37-38,72H,4-6,8-9,11-15,17-18,20-22,24,26-28,30,32-33,36,39-71H2,1-3H3/b10-7-,19-16-,25-23-,31-29-,35-34-,38-37-. The van der Waals surface area contributed by atoms with Crippen LogP contribution in [0.3, 0.4) is 0 Å². The maximum Gasteiger partial charge on any atom is 0.306 e. The lowest BCUT2D eigenvalue weighted by atomic mass is 10.0. The molecule has 0 rings (SSSR count). The highest BCUT2D eigenvalue weighted by Crippen LogP contribution is 2.18. The molecule has 0 heterocycles. The van der Waals surface area contributed by atoms with Crippen molar-refractivity contribution in [2.45, 2.75) is 374 Å². The molecule has 0 spiro atoms. The molecular formula is C75H134O6. The summed E-state index contributed by atoms with van der Waals surface area (Å²) in [5.41, 5.74) is 0. The van der Waals surface area contributed by atoms with Gasteiger partial charge in [-0.05, 0) is 70.6 Å². The van der Waals surface area contributed by atoms with Crippen LogP contribution in [0.5, 0.6) is 0 Å². The van der Waals surface area contributed by atoms with E-state index in [2.05, 4.69) is 93.7 Å². The summed E-state index contributed by atoms with van der Waals surface area (Å²) < 4.78 is 16.9. The van der Waals surface area contributed by atoms with E-state index in [4.69, 9.17) is 14.2 Å². The van der Waals surface area contributed by atoms with E-state index < -0.39 is 6.10 Å². The fourth-order valence-electron chi connectivity index (χ4n) is 10.5. The zero-order valence-corrected chi connectivity index (χ0v) is 54.1. The van der Waals surface area contributed by atoms with Gasteiger partial charge in [-0.2, -0.15) is 0 Å². The highest BCUT2D eigenvalue weighted by molar-refractivity contribution is 5.71. The molecule has 470 valence electrons. The number of carbonyl (C=O) groups is 3. The van der Waals surface area contributed by atoms with Crippen molar-refractivity contribution in [3.8, 4) is 0 Å². The summed E-state index contributed by atoms with van der Waals surface area (Å²) in [6.45, 7) is 6.56. The first-order valence-electron chi connectivity index (χ1n) is 35.4. The highest BCUT2D eigenvalue weighted by atomic mass is 16.6. The summed E-state index contributed by atoms with van der Waals surface area (Å²) in [6.07, 6.45) is 90.9. The van der Waals surface area contributed by atoms with E-state index in [0.717, 1.165) is 96.3 Å². The van der Waals surface area contributed by atoms with Crippen molar-refractivity contribution in [2.24, 2.45) is 0 Å². The molecule has 0 amide bonds. The number of ether oxygens (including phenoxy) is 3. The van der Waals surface area contributed by atoms with Crippen molar-refractivity contribution in [1.29, 1.82) is 0 Å². The van der Waals surface area contributed by atoms with E-state index in [0.29, 0.717) is 19.3 Å². The van der Waals surface area contributed by atoms with Crippen LogP contribution >= 0.6 is 0 Å². The van der Waals surface area contributed by atoms with E-state index in [1.54, 1.807) is 0 Å². The zero-order chi connectivity index (χ0) is 58.5. The maximum atomic E-state index is 12.9. The SMILES string of the molecule is CC/C=C\C/C=C\C/C=C\C/C=C\C/C=C\C/C=C\CCCCCCCCCCCCCCC(=O)OCC(COC(=O)CCCCCCCCCCC)OC(=O)CCCCCCCCCCCCCCCCCCCCCCCCC. The van der Waals surface area contributed by atoms with Gasteiger partial charge in [0.05, 0.1) is 0 Å². The van der Waals surface area contributed by atoms with Crippen molar-refractivity contribution in [3.63, 3.8) is 0 Å². The van der Waals surface area contributed by atoms with E-state index in [1.165, 1.54) is 231 Å². The lowest BCUT2D eigenvalue weighted by molar-refractivity contribution is -0.167. The first-order chi connectivity index (χ1) is 40.0. The van der Waals surface area contributed by atoms with Crippen molar-refractivity contribution in [1.82, 2.24) is 0 Å². The summed E-state index contributed by atoms with van der Waals surface area (Å²) in [7, 11) is 0. The van der Waals surface area contributed by atoms with Gasteiger partial charge < -0.3 is 14.2 Å². The Balaban J connectivity index is 4.12. The molecule has 0 radical (unpaired) electrons. The van der Waals surface area contributed by atoms with Crippen LogP contribution in [0.1, 0.15) is 367 Å². The van der Waals surface area contributed by atoms with Gasteiger partial charge in [0.1, 0.15) is 13.2 Å². The van der Waals surface area contributed by atoms with Gasteiger partial charge in [-0.15, -0.1) is 0 Å². The Kier molecular flexibility index (Phi) is 66.6. The Morgan fingerprint density at radius 2 is 0.481 bits per heavy atom. The summed E-state index contributed by atoms with van der Waals surface area (Å²) in [5, 5.41) is 0. The number of carbonyl (C=O) groups excluding carboxylic acids is 3. The summed E-state index contributed by atoms with van der Waals surface area (Å²) >= 11 is 0. The lowest BCUT2D eigenvalue weighted by Gasteiger charge is -2.18. The minimum absolute atomic E-state index is 0.0697. The largest absolute Gasteiger partial charge is 0.462 e. The second-order valence-electron chi connectivity index (χ2n) is 23.8. The van der Waals surface area contributed by atoms with Gasteiger partial charge in [-0.3, -0.25) is 14.4 Å². The van der Waals surface area contributed by atoms with Crippen LogP contribution in [0.25, 0.3) is 0 Å². The zero-order valence-electron chi connectivity index (χ0n) is 54.1. The fourth-order valence-corrected chi connectivity index (χ4v) is 10.5. The highest BCUT2D eigenvalue weighted by Gasteiger charge is 2.19. The van der Waals surface area contributed by atoms with Crippen LogP contribution < -0.4 is 0 Å². The summed E-state index contributed by atoms with van der Waals surface area (Å²) in [5.74, 6) is -0.852. The van der Waals surface area contributed by atoms with Crippen LogP contribution in [0.2, 0.25) is 0 Å². The molecule has 0 N–H and O–H groups in total. The quantitative estimate of drug-likeness (QED) is 0.0261. The van der Waals surface area contributed by atoms with Crippen molar-refractivity contribution < 1.29 is 28.6 Å². The van der Waals surface area contributed by atoms with Crippen LogP contribution in [0, 0.1) is 0 Å². The molecule has 6 heteroatoms. The minimum atomic E-state index is -0.772. The van der Waals surface area contributed by atoms with Gasteiger partial charge in [0.25, 0.3) is 0 Å². The molecule has 0 aromatic rings. The van der Waals surface area contributed by atoms with Gasteiger partial charge in [0.2, 0.25) is 0 Å². The van der Waals surface area contributed by atoms with Gasteiger partial charge >= 0.3 is 17.9 Å². The van der Waals surface area contributed by atoms with Gasteiger partial charge in [0.15, 0.2) is 6.10 Å². The molecule has 1 atom stereocenters. The first kappa shape index (κ1) is 77.9. The topological polar surface area (TPSA) is 78.9 Å². The van der Waals surface area contributed by atoms with Crippen LogP contribution in [-0.4, -0.2) is 37.2 Å². The number of unbranched alkanes of at least 4 members (excludes halogenated alkanes) is 42. The van der Waals surface area contributed by atoms with Gasteiger partial charge in [-0.25, -0.2) is 0 Å². The van der Waals surface area contributed by atoms with Crippen molar-refractivity contribution in [2.75, 3.05) is 13.2 Å². The molecule has 0 aromatic carbocycles. The molecule has 0 bridgehead atoms. The molecule has 6 nitrogen and oxygen atoms in total. The minimum Gasteiger partial charge on any atom is -0.462 e. The molecule has 81 heavy (non-hydrogen) atoms. The summed E-state index contributed by atoms with van der Waals surface area (Å²) in [6, 6.07) is 0. The van der Waals surface area contributed by atoms with E-state index >= 15 is 0 Å². The predicted molar refractivity (Wildman–Crippen MR) is 353 cm³/mol. The lowest BCUT2D eigenvalue weighted by Crippen LogP contribution is -2.30. The van der Waals surface area contributed by atoms with Crippen molar-refractivity contribution in [3.05, 3.63) is 72.9 Å². The normalized spacial score (nSPS) is 12.5. The average molecular weight is 1130 g/mol. The number of hydrogen-bond acceptors (Lipinski definition) is 6. The van der Waals surface area contributed by atoms with Gasteiger partial charge in [0, 0.05) is 19.3 Å². The molecule has 0 aliphatic heterocycles. The first-order valence-corrected chi connectivity index (χ1v) is 35.4. The predicted octanol–water partition coefficient (Wildman–Crippen LogP) is 24.4. The van der Waals surface area contributed by atoms with E-state index in [9.17, 15) is 14.4 Å². The Hall–Kier alpha value is -3.15. The monoisotopic (exact) mass is 1130 g/mol. The molecule has 0 fully saturated rings. The number of rotatable bonds is 65. The van der Waals surface area contributed by atoms with Crippen LogP contribution in [0.4, 0.5) is 0 Å². The van der Waals surface area contributed by atoms with E-state index in [-0.39, 0.29) is 31.1 Å². The third-order valence-electron chi connectivity index (χ3n) is 15.7. The van der Waals surface area contributed by atoms with Gasteiger partial charge in [-0.1, -0.05) is 351 Å². The molecule has 0 saturated carbocycles.